The highest BCUT2D eigenvalue weighted by Crippen LogP contribution is 2.22. The summed E-state index contributed by atoms with van der Waals surface area (Å²) in [6, 6.07) is 0. The molecule has 0 rings (SSSR count). The number of hydrogen-bond acceptors (Lipinski definition) is 1. The van der Waals surface area contributed by atoms with E-state index in [9.17, 15) is 18.0 Å². The largest absolute Gasteiger partial charge is 0.389 e. The van der Waals surface area contributed by atoms with Crippen LogP contribution in [0.1, 0.15) is 32.6 Å². The van der Waals surface area contributed by atoms with Gasteiger partial charge in [0.2, 0.25) is 0 Å². The normalized spacial score (nSPS) is 11.6. The van der Waals surface area contributed by atoms with Crippen LogP contribution in [0, 0.1) is 0 Å². The van der Waals surface area contributed by atoms with Crippen molar-refractivity contribution in [3.63, 3.8) is 0 Å². The van der Waals surface area contributed by atoms with Gasteiger partial charge in [0.15, 0.2) is 0 Å². The van der Waals surface area contributed by atoms with Gasteiger partial charge in [-0.2, -0.15) is 13.2 Å². The maximum Gasteiger partial charge on any atom is 0.389 e. The van der Waals surface area contributed by atoms with Gasteiger partial charge in [-0.25, -0.2) is 0 Å². The fraction of sp³-hybridized carbons (Fsp3) is 0.857. The Morgan fingerprint density at radius 3 is 2.27 bits per heavy atom. The first kappa shape index (κ1) is 10.5. The van der Waals surface area contributed by atoms with Gasteiger partial charge in [0.25, 0.3) is 0 Å². The predicted octanol–water partition coefficient (Wildman–Crippen LogP) is 2.70. The maximum absolute atomic E-state index is 11.5. The Morgan fingerprint density at radius 2 is 1.91 bits per heavy atom. The van der Waals surface area contributed by atoms with Crippen LogP contribution in [0.25, 0.3) is 0 Å². The number of carbonyl (C=O) groups excluding carboxylic acids is 1. The van der Waals surface area contributed by atoms with Gasteiger partial charge >= 0.3 is 6.18 Å². The van der Waals surface area contributed by atoms with Crippen molar-refractivity contribution in [3.8, 4) is 0 Å². The van der Waals surface area contributed by atoms with Crippen molar-refractivity contribution in [2.45, 2.75) is 38.8 Å². The zero-order chi connectivity index (χ0) is 8.91. The number of halogens is 3. The van der Waals surface area contributed by atoms with E-state index in [1.54, 1.807) is 6.92 Å². The van der Waals surface area contributed by atoms with Crippen molar-refractivity contribution < 1.29 is 18.0 Å². The average Bonchev–Trinajstić information content (AvgIpc) is 1.85. The first-order valence-electron chi connectivity index (χ1n) is 3.54. The second-order valence-electron chi connectivity index (χ2n) is 2.36. The molecule has 1 nitrogen and oxygen atoms in total. The van der Waals surface area contributed by atoms with Crippen molar-refractivity contribution in [3.05, 3.63) is 0 Å². The van der Waals surface area contributed by atoms with Gasteiger partial charge in [-0.05, 0) is 6.42 Å². The number of alkyl halides is 3. The van der Waals surface area contributed by atoms with E-state index in [4.69, 9.17) is 0 Å². The summed E-state index contributed by atoms with van der Waals surface area (Å²) in [6.07, 6.45) is -4.66. The summed E-state index contributed by atoms with van der Waals surface area (Å²) in [7, 11) is 0. The van der Waals surface area contributed by atoms with Crippen LogP contribution in [0.4, 0.5) is 13.2 Å². The van der Waals surface area contributed by atoms with Crippen LogP contribution in [-0.4, -0.2) is 12.0 Å². The summed E-state index contributed by atoms with van der Waals surface area (Å²) in [4.78, 5) is 10.5. The molecule has 66 valence electrons. The monoisotopic (exact) mass is 168 g/mol. The number of ketones is 1. The Hall–Kier alpha value is -0.540. The molecule has 0 amide bonds. The van der Waals surface area contributed by atoms with Gasteiger partial charge in [-0.15, -0.1) is 0 Å². The Kier molecular flexibility index (Phi) is 4.15. The second kappa shape index (κ2) is 4.36. The highest BCUT2D eigenvalue weighted by Gasteiger charge is 2.26. The SMILES string of the molecule is CCC(=O)CCCC(F)(F)F. The fourth-order valence-corrected chi connectivity index (χ4v) is 0.663. The highest BCUT2D eigenvalue weighted by atomic mass is 19.4. The van der Waals surface area contributed by atoms with Gasteiger partial charge < -0.3 is 0 Å². The third-order valence-corrected chi connectivity index (χ3v) is 1.31. The Balaban J connectivity index is 3.35. The van der Waals surface area contributed by atoms with Crippen LogP contribution in [0.3, 0.4) is 0 Å². The van der Waals surface area contributed by atoms with E-state index in [2.05, 4.69) is 0 Å². The Labute approximate surface area is 63.6 Å². The average molecular weight is 168 g/mol. The topological polar surface area (TPSA) is 17.1 Å². The third kappa shape index (κ3) is 7.36. The van der Waals surface area contributed by atoms with Crippen molar-refractivity contribution in [2.75, 3.05) is 0 Å². The minimum absolute atomic E-state index is 0.0516. The molecular formula is C7H11F3O. The lowest BCUT2D eigenvalue weighted by molar-refractivity contribution is -0.137. The molecule has 0 heterocycles. The molecule has 0 saturated heterocycles. The van der Waals surface area contributed by atoms with Crippen molar-refractivity contribution >= 4 is 5.78 Å². The number of carbonyl (C=O) groups is 1. The number of hydrogen-bond donors (Lipinski definition) is 0. The maximum atomic E-state index is 11.5. The van der Waals surface area contributed by atoms with Crippen LogP contribution >= 0.6 is 0 Å². The van der Waals surface area contributed by atoms with Gasteiger partial charge in [-0.3, -0.25) is 4.79 Å². The number of rotatable bonds is 4. The van der Waals surface area contributed by atoms with Crippen molar-refractivity contribution in [1.29, 1.82) is 0 Å². The first-order chi connectivity index (χ1) is 4.95. The molecular weight excluding hydrogens is 157 g/mol. The molecule has 0 bridgehead atoms. The zero-order valence-corrected chi connectivity index (χ0v) is 6.37. The van der Waals surface area contributed by atoms with Crippen LogP contribution in [0.15, 0.2) is 0 Å². The zero-order valence-electron chi connectivity index (χ0n) is 6.37. The molecule has 0 atom stereocenters. The minimum atomic E-state index is -4.12. The quantitative estimate of drug-likeness (QED) is 0.630. The van der Waals surface area contributed by atoms with Crippen LogP contribution < -0.4 is 0 Å². The summed E-state index contributed by atoms with van der Waals surface area (Å²) < 4.78 is 34.5. The molecule has 11 heavy (non-hydrogen) atoms. The van der Waals surface area contributed by atoms with Crippen LogP contribution in [0.5, 0.6) is 0 Å². The van der Waals surface area contributed by atoms with E-state index in [0.717, 1.165) is 0 Å². The molecule has 0 aliphatic heterocycles. The van der Waals surface area contributed by atoms with E-state index in [1.165, 1.54) is 0 Å². The Bertz CT molecular complexity index is 128. The van der Waals surface area contributed by atoms with Crippen molar-refractivity contribution in [1.82, 2.24) is 0 Å². The third-order valence-electron chi connectivity index (χ3n) is 1.31. The molecule has 0 aliphatic carbocycles. The van der Waals surface area contributed by atoms with E-state index < -0.39 is 12.6 Å². The van der Waals surface area contributed by atoms with E-state index >= 15 is 0 Å². The molecule has 0 fully saturated rings. The summed E-state index contributed by atoms with van der Waals surface area (Å²) in [5, 5.41) is 0. The van der Waals surface area contributed by atoms with Gasteiger partial charge in [-0.1, -0.05) is 6.92 Å². The predicted molar refractivity (Wildman–Crippen MR) is 35.2 cm³/mol. The van der Waals surface area contributed by atoms with Crippen molar-refractivity contribution in [2.24, 2.45) is 0 Å². The molecule has 0 radical (unpaired) electrons. The lowest BCUT2D eigenvalue weighted by Crippen LogP contribution is -2.07. The van der Waals surface area contributed by atoms with Gasteiger partial charge in [0.05, 0.1) is 0 Å². The summed E-state index contributed by atoms with van der Waals surface area (Å²) in [5.74, 6) is -0.103. The molecule has 0 aromatic rings. The fourth-order valence-electron chi connectivity index (χ4n) is 0.663. The van der Waals surface area contributed by atoms with E-state index in [-0.39, 0.29) is 18.6 Å². The number of Topliss-reactive ketones (excluding diaryl/α,β-unsaturated/α-hetero) is 1. The first-order valence-corrected chi connectivity index (χ1v) is 3.54. The molecule has 0 saturated carbocycles. The molecule has 0 aliphatic rings. The lowest BCUT2D eigenvalue weighted by atomic mass is 10.1. The molecule has 0 spiro atoms. The van der Waals surface area contributed by atoms with Crippen LogP contribution in [-0.2, 0) is 4.79 Å². The van der Waals surface area contributed by atoms with E-state index in [0.29, 0.717) is 6.42 Å². The second-order valence-corrected chi connectivity index (χ2v) is 2.36. The summed E-state index contributed by atoms with van der Waals surface area (Å²) in [5.41, 5.74) is 0. The molecule has 0 aromatic heterocycles. The highest BCUT2D eigenvalue weighted by molar-refractivity contribution is 5.77. The molecule has 0 N–H and O–H groups in total. The van der Waals surface area contributed by atoms with Gasteiger partial charge in [0.1, 0.15) is 5.78 Å². The molecule has 4 heteroatoms. The minimum Gasteiger partial charge on any atom is -0.300 e. The summed E-state index contributed by atoms with van der Waals surface area (Å²) >= 11 is 0. The molecule has 0 unspecified atom stereocenters. The van der Waals surface area contributed by atoms with Gasteiger partial charge in [0, 0.05) is 19.3 Å². The summed E-state index contributed by atoms with van der Waals surface area (Å²) in [6.45, 7) is 1.65. The smallest absolute Gasteiger partial charge is 0.300 e. The van der Waals surface area contributed by atoms with Crippen LogP contribution in [0.2, 0.25) is 0 Å². The molecule has 0 aromatic carbocycles. The van der Waals surface area contributed by atoms with E-state index in [1.807, 2.05) is 0 Å². The Morgan fingerprint density at radius 1 is 1.36 bits per heavy atom. The lowest BCUT2D eigenvalue weighted by Gasteiger charge is -2.03. The standard InChI is InChI=1S/C7H11F3O/c1-2-6(11)4-3-5-7(8,9)10/h2-5H2,1H3.